The number of nitrogens with one attached hydrogen (secondary N) is 1. The number of carbonyl (C=O) groups excluding carboxylic acids is 3. The van der Waals surface area contributed by atoms with Crippen LogP contribution in [0.1, 0.15) is 27.2 Å². The third kappa shape index (κ3) is 4.98. The van der Waals surface area contributed by atoms with Gasteiger partial charge in [-0.25, -0.2) is 0 Å². The second kappa shape index (κ2) is 9.71. The third-order valence-electron chi connectivity index (χ3n) is 5.41. The van der Waals surface area contributed by atoms with Crippen LogP contribution in [-0.2, 0) is 16.0 Å². The molecule has 3 aromatic carbocycles. The van der Waals surface area contributed by atoms with Crippen molar-refractivity contribution in [3.8, 4) is 11.1 Å². The lowest BCUT2D eigenvalue weighted by molar-refractivity contribution is -0.124. The highest BCUT2D eigenvalue weighted by atomic mass is 35.5. The number of carbonyl (C=O) groups is 3. The number of benzene rings is 3. The summed E-state index contributed by atoms with van der Waals surface area (Å²) in [4.78, 5) is 35.9. The Bertz CT molecular complexity index is 1440. The summed E-state index contributed by atoms with van der Waals surface area (Å²) >= 11 is 12.2. The first-order valence-electron chi connectivity index (χ1n) is 10.4. The Morgan fingerprint density at radius 3 is 2.47 bits per heavy atom. The molecule has 4 rings (SSSR count). The number of nitrogens with two attached hydrogens (primary N) is 1. The summed E-state index contributed by atoms with van der Waals surface area (Å²) in [5.41, 5.74) is 9.19. The van der Waals surface area contributed by atoms with E-state index in [0.29, 0.717) is 16.2 Å². The van der Waals surface area contributed by atoms with Gasteiger partial charge in [0.25, 0.3) is 0 Å². The van der Waals surface area contributed by atoms with Crippen molar-refractivity contribution in [1.82, 2.24) is 5.32 Å². The minimum atomic E-state index is -0.597. The molecule has 3 N–H and O–H groups in total. The van der Waals surface area contributed by atoms with Crippen molar-refractivity contribution >= 4 is 51.8 Å². The molecule has 0 bridgehead atoms. The van der Waals surface area contributed by atoms with Crippen molar-refractivity contribution in [2.45, 2.75) is 13.3 Å². The summed E-state index contributed by atoms with van der Waals surface area (Å²) in [5, 5.41) is 4.00. The van der Waals surface area contributed by atoms with Crippen LogP contribution in [0.2, 0.25) is 10.0 Å². The van der Waals surface area contributed by atoms with E-state index in [4.69, 9.17) is 33.4 Å². The van der Waals surface area contributed by atoms with Gasteiger partial charge in [-0.2, -0.15) is 0 Å². The van der Waals surface area contributed by atoms with Crippen LogP contribution in [0.3, 0.4) is 0 Å². The molecule has 0 saturated heterocycles. The van der Waals surface area contributed by atoms with Gasteiger partial charge in [0.1, 0.15) is 5.58 Å². The first-order chi connectivity index (χ1) is 16.2. The first kappa shape index (κ1) is 23.5. The summed E-state index contributed by atoms with van der Waals surface area (Å²) in [6.07, 6.45) is 0.115. The molecule has 0 radical (unpaired) electrons. The zero-order chi connectivity index (χ0) is 24.4. The predicted octanol–water partition coefficient (Wildman–Crippen LogP) is 5.09. The van der Waals surface area contributed by atoms with Crippen molar-refractivity contribution in [1.29, 1.82) is 0 Å². The Hall–Kier alpha value is -3.61. The normalized spacial score (nSPS) is 10.9. The van der Waals surface area contributed by atoms with E-state index >= 15 is 0 Å². The predicted molar refractivity (Wildman–Crippen MR) is 132 cm³/mol. The number of furan rings is 1. The molecular formula is C26H20Cl2N2O4. The quantitative estimate of drug-likeness (QED) is 0.349. The first-order valence-corrected chi connectivity index (χ1v) is 11.2. The molecule has 0 unspecified atom stereocenters. The van der Waals surface area contributed by atoms with E-state index in [1.807, 2.05) is 49.4 Å². The lowest BCUT2D eigenvalue weighted by atomic mass is 9.99. The monoisotopic (exact) mass is 494 g/mol. The van der Waals surface area contributed by atoms with Crippen molar-refractivity contribution < 1.29 is 18.8 Å². The molecule has 0 saturated carbocycles. The molecule has 34 heavy (non-hydrogen) atoms. The summed E-state index contributed by atoms with van der Waals surface area (Å²) in [7, 11) is 0. The molecule has 8 heteroatoms. The average molecular weight is 495 g/mol. The van der Waals surface area contributed by atoms with Crippen LogP contribution in [0.25, 0.3) is 22.1 Å². The lowest BCUT2D eigenvalue weighted by Gasteiger charge is -2.06. The largest absolute Gasteiger partial charge is 0.452 e. The van der Waals surface area contributed by atoms with Gasteiger partial charge < -0.3 is 15.5 Å². The molecule has 0 fully saturated rings. The van der Waals surface area contributed by atoms with Crippen molar-refractivity contribution in [3.05, 3.63) is 93.2 Å². The van der Waals surface area contributed by atoms with Crippen LogP contribution in [0.4, 0.5) is 0 Å². The van der Waals surface area contributed by atoms with E-state index in [0.717, 1.165) is 27.6 Å². The second-order valence-corrected chi connectivity index (χ2v) is 8.68. The van der Waals surface area contributed by atoms with Gasteiger partial charge >= 0.3 is 0 Å². The van der Waals surface area contributed by atoms with Crippen LogP contribution >= 0.6 is 23.2 Å². The maximum atomic E-state index is 13.1. The Kier molecular flexibility index (Phi) is 6.72. The summed E-state index contributed by atoms with van der Waals surface area (Å²) < 4.78 is 5.96. The second-order valence-electron chi connectivity index (χ2n) is 7.84. The fourth-order valence-electron chi connectivity index (χ4n) is 3.71. The maximum absolute atomic E-state index is 13.1. The van der Waals surface area contributed by atoms with E-state index in [1.54, 1.807) is 12.1 Å². The Morgan fingerprint density at radius 1 is 0.971 bits per heavy atom. The number of ketones is 1. The third-order valence-corrected chi connectivity index (χ3v) is 5.95. The highest BCUT2D eigenvalue weighted by molar-refractivity contribution is 6.37. The highest BCUT2D eigenvalue weighted by Gasteiger charge is 2.22. The van der Waals surface area contributed by atoms with Gasteiger partial charge in [0, 0.05) is 21.5 Å². The van der Waals surface area contributed by atoms with Crippen LogP contribution in [0.15, 0.2) is 65.1 Å². The Balaban J connectivity index is 1.63. The van der Waals surface area contributed by atoms with Gasteiger partial charge in [0.2, 0.25) is 17.6 Å². The molecule has 2 amide bonds. The van der Waals surface area contributed by atoms with E-state index in [1.165, 1.54) is 6.07 Å². The molecule has 0 aliphatic rings. The summed E-state index contributed by atoms with van der Waals surface area (Å²) in [6.45, 7) is 1.63. The number of aryl methyl sites for hydroxylation is 1. The lowest BCUT2D eigenvalue weighted by Crippen LogP contribution is -2.34. The van der Waals surface area contributed by atoms with Crippen LogP contribution in [0.5, 0.6) is 0 Å². The molecule has 4 aromatic rings. The van der Waals surface area contributed by atoms with Gasteiger partial charge in [0.15, 0.2) is 5.76 Å². The molecule has 172 valence electrons. The fraction of sp³-hybridized carbons (Fsp3) is 0.115. The average Bonchev–Trinajstić information content (AvgIpc) is 3.13. The minimum absolute atomic E-state index is 0.115. The van der Waals surface area contributed by atoms with Crippen LogP contribution < -0.4 is 11.1 Å². The molecule has 0 spiro atoms. The molecule has 6 nitrogen and oxygen atoms in total. The topological polar surface area (TPSA) is 102 Å². The maximum Gasteiger partial charge on any atom is 0.236 e. The SMILES string of the molecule is Cc1c(C(=O)c2ccc(Cl)cc2Cl)oc2cc(-c3cccc(CC(=O)NCC(N)=O)c3)ccc12. The molecule has 0 aliphatic carbocycles. The minimum Gasteiger partial charge on any atom is -0.452 e. The zero-order valence-corrected chi connectivity index (χ0v) is 19.7. The number of hydrogen-bond acceptors (Lipinski definition) is 4. The summed E-state index contributed by atoms with van der Waals surface area (Å²) in [6, 6.07) is 17.9. The van der Waals surface area contributed by atoms with E-state index in [-0.39, 0.29) is 35.4 Å². The van der Waals surface area contributed by atoms with Crippen molar-refractivity contribution in [2.75, 3.05) is 6.54 Å². The fourth-order valence-corrected chi connectivity index (χ4v) is 4.21. The van der Waals surface area contributed by atoms with E-state index in [9.17, 15) is 14.4 Å². The number of rotatable bonds is 7. The van der Waals surface area contributed by atoms with Gasteiger partial charge in [-0.1, -0.05) is 59.6 Å². The Morgan fingerprint density at radius 2 is 1.74 bits per heavy atom. The zero-order valence-electron chi connectivity index (χ0n) is 18.2. The molecule has 1 aromatic heterocycles. The van der Waals surface area contributed by atoms with Gasteiger partial charge in [0.05, 0.1) is 18.0 Å². The smallest absolute Gasteiger partial charge is 0.236 e. The van der Waals surface area contributed by atoms with E-state index in [2.05, 4.69) is 5.32 Å². The Labute approximate surface area is 205 Å². The standard InChI is InChI=1S/C26H20Cl2N2O4/c1-14-19-7-5-17(16-4-2-3-15(9-16)10-24(32)30-13-23(29)31)11-22(19)34-26(14)25(33)20-8-6-18(27)12-21(20)28/h2-9,11-12H,10,13H2,1H3,(H2,29,31)(H,30,32). The summed E-state index contributed by atoms with van der Waals surface area (Å²) in [5.74, 6) is -0.991. The van der Waals surface area contributed by atoms with Crippen LogP contribution in [0, 0.1) is 6.92 Å². The van der Waals surface area contributed by atoms with Crippen LogP contribution in [-0.4, -0.2) is 24.1 Å². The number of fused-ring (bicyclic) bond motifs is 1. The molecule has 0 aliphatic heterocycles. The van der Waals surface area contributed by atoms with Gasteiger partial charge in [-0.3, -0.25) is 14.4 Å². The number of hydrogen-bond donors (Lipinski definition) is 2. The van der Waals surface area contributed by atoms with Gasteiger partial charge in [-0.05, 0) is 47.9 Å². The number of amides is 2. The number of halogens is 2. The highest BCUT2D eigenvalue weighted by Crippen LogP contribution is 2.33. The van der Waals surface area contributed by atoms with Crippen molar-refractivity contribution in [2.24, 2.45) is 5.73 Å². The molecular weight excluding hydrogens is 475 g/mol. The molecule has 1 heterocycles. The van der Waals surface area contributed by atoms with Gasteiger partial charge in [-0.15, -0.1) is 0 Å². The van der Waals surface area contributed by atoms with Crippen molar-refractivity contribution in [3.63, 3.8) is 0 Å². The molecule has 0 atom stereocenters. The van der Waals surface area contributed by atoms with E-state index < -0.39 is 5.91 Å². The number of primary amides is 1.